The Morgan fingerprint density at radius 2 is 2.00 bits per heavy atom. The fourth-order valence-corrected chi connectivity index (χ4v) is 2.15. The lowest BCUT2D eigenvalue weighted by atomic mass is 10.2. The summed E-state index contributed by atoms with van der Waals surface area (Å²) in [6, 6.07) is 10.1. The minimum absolute atomic E-state index is 0.213. The smallest absolute Gasteiger partial charge is 0.114 e. The molecule has 0 spiro atoms. The molecule has 0 aliphatic carbocycles. The number of halogens is 1. The molecule has 1 rings (SSSR count). The number of hydrogen-bond acceptors (Lipinski definition) is 1. The molecular weight excluding hydrogens is 234 g/mol. The fourth-order valence-electron chi connectivity index (χ4n) is 1.83. The Hall–Kier alpha value is -0.830. The molecule has 1 aromatic rings. The van der Waals surface area contributed by atoms with E-state index in [-0.39, 0.29) is 6.61 Å². The quantitative estimate of drug-likeness (QED) is 0.758. The summed E-state index contributed by atoms with van der Waals surface area (Å²) in [6.07, 6.45) is 3.10. The second kappa shape index (κ2) is 8.29. The van der Waals surface area contributed by atoms with Crippen molar-refractivity contribution >= 4 is 17.7 Å². The average Bonchev–Trinajstić information content (AvgIpc) is 2.30. The summed E-state index contributed by atoms with van der Waals surface area (Å²) >= 11 is 6.24. The summed E-state index contributed by atoms with van der Waals surface area (Å²) in [6.45, 7) is 4.94. The topological polar surface area (TPSA) is 24.7 Å². The molecule has 0 aliphatic rings. The molecular formula is C14H21ClNO+. The Morgan fingerprint density at radius 3 is 2.59 bits per heavy atom. The van der Waals surface area contributed by atoms with Crippen LogP contribution in [0, 0.1) is 0 Å². The van der Waals surface area contributed by atoms with E-state index in [1.165, 1.54) is 4.90 Å². The predicted molar refractivity (Wildman–Crippen MR) is 73.2 cm³/mol. The van der Waals surface area contributed by atoms with E-state index in [2.05, 4.69) is 6.92 Å². The molecule has 2 nitrogen and oxygen atoms in total. The van der Waals surface area contributed by atoms with E-state index in [9.17, 15) is 0 Å². The number of aliphatic hydroxyl groups is 1. The summed E-state index contributed by atoms with van der Waals surface area (Å²) in [5, 5.41) is 9.82. The number of quaternary nitrogens is 1. The third-order valence-corrected chi connectivity index (χ3v) is 2.85. The summed E-state index contributed by atoms with van der Waals surface area (Å²) in [5.41, 5.74) is 1.12. The first-order valence-electron chi connectivity index (χ1n) is 6.11. The minimum atomic E-state index is 0.213. The highest BCUT2D eigenvalue weighted by Crippen LogP contribution is 2.08. The van der Waals surface area contributed by atoms with Crippen LogP contribution in [0.15, 0.2) is 35.4 Å². The molecule has 0 fully saturated rings. The zero-order valence-electron chi connectivity index (χ0n) is 10.3. The summed E-state index contributed by atoms with van der Waals surface area (Å²) in [7, 11) is 0. The largest absolute Gasteiger partial charge is 0.391 e. The summed E-state index contributed by atoms with van der Waals surface area (Å²) in [5.74, 6) is 0. The van der Waals surface area contributed by atoms with Crippen LogP contribution in [0.5, 0.6) is 0 Å². The Morgan fingerprint density at radius 1 is 1.29 bits per heavy atom. The monoisotopic (exact) mass is 254 g/mol. The molecule has 0 aromatic heterocycles. The van der Waals surface area contributed by atoms with Gasteiger partial charge in [-0.15, -0.1) is 0 Å². The highest BCUT2D eigenvalue weighted by Gasteiger charge is 2.08. The van der Waals surface area contributed by atoms with Crippen molar-refractivity contribution in [3.05, 3.63) is 40.9 Å². The maximum absolute atomic E-state index is 8.98. The standard InChI is InChI=1S/C14H20ClNO/c1-2-8-16(9-10-17)12-14(15)11-13-6-4-3-5-7-13/h3-7,11,17H,2,8-10,12H2,1H3/p+1/b14-11-. The SMILES string of the molecule is CCC[NH+](CCO)C/C(Cl)=C/c1ccccc1. The van der Waals surface area contributed by atoms with Gasteiger partial charge < -0.3 is 10.0 Å². The van der Waals surface area contributed by atoms with Gasteiger partial charge in [0.25, 0.3) is 0 Å². The van der Waals surface area contributed by atoms with E-state index >= 15 is 0 Å². The molecule has 17 heavy (non-hydrogen) atoms. The molecule has 0 bridgehead atoms. The second-order valence-electron chi connectivity index (χ2n) is 4.15. The van der Waals surface area contributed by atoms with E-state index < -0.39 is 0 Å². The zero-order chi connectivity index (χ0) is 12.5. The van der Waals surface area contributed by atoms with Gasteiger partial charge in [0.05, 0.1) is 18.2 Å². The fraction of sp³-hybridized carbons (Fsp3) is 0.429. The van der Waals surface area contributed by atoms with E-state index in [0.717, 1.165) is 36.7 Å². The van der Waals surface area contributed by atoms with Crippen LogP contribution in [-0.2, 0) is 0 Å². The van der Waals surface area contributed by atoms with Gasteiger partial charge >= 0.3 is 0 Å². The van der Waals surface area contributed by atoms with Crippen molar-refractivity contribution in [2.75, 3.05) is 26.2 Å². The van der Waals surface area contributed by atoms with Crippen molar-refractivity contribution in [2.45, 2.75) is 13.3 Å². The number of rotatable bonds is 7. The molecule has 94 valence electrons. The molecule has 1 atom stereocenters. The van der Waals surface area contributed by atoms with Gasteiger partial charge in [0.2, 0.25) is 0 Å². The Kier molecular flexibility index (Phi) is 6.94. The van der Waals surface area contributed by atoms with Gasteiger partial charge in [0.1, 0.15) is 13.1 Å². The van der Waals surface area contributed by atoms with Crippen LogP contribution < -0.4 is 4.90 Å². The van der Waals surface area contributed by atoms with Crippen LogP contribution >= 0.6 is 11.6 Å². The van der Waals surface area contributed by atoms with E-state index in [4.69, 9.17) is 16.7 Å². The lowest BCUT2D eigenvalue weighted by Gasteiger charge is -2.17. The Labute approximate surface area is 109 Å². The number of nitrogens with one attached hydrogen (secondary N) is 1. The van der Waals surface area contributed by atoms with Crippen molar-refractivity contribution in [1.82, 2.24) is 0 Å². The van der Waals surface area contributed by atoms with Crippen LogP contribution in [0.2, 0.25) is 0 Å². The van der Waals surface area contributed by atoms with E-state index in [1.54, 1.807) is 0 Å². The number of hydrogen-bond donors (Lipinski definition) is 2. The van der Waals surface area contributed by atoms with Gasteiger partial charge in [-0.05, 0) is 18.1 Å². The molecule has 1 aromatic carbocycles. The van der Waals surface area contributed by atoms with Crippen molar-refractivity contribution in [2.24, 2.45) is 0 Å². The van der Waals surface area contributed by atoms with Crippen molar-refractivity contribution in [3.63, 3.8) is 0 Å². The molecule has 0 heterocycles. The van der Waals surface area contributed by atoms with Gasteiger partial charge in [-0.2, -0.15) is 0 Å². The lowest BCUT2D eigenvalue weighted by molar-refractivity contribution is -0.895. The maximum atomic E-state index is 8.98. The van der Waals surface area contributed by atoms with Crippen molar-refractivity contribution in [3.8, 4) is 0 Å². The third-order valence-electron chi connectivity index (χ3n) is 2.61. The normalized spacial score (nSPS) is 13.7. The zero-order valence-corrected chi connectivity index (χ0v) is 11.1. The number of aliphatic hydroxyl groups excluding tert-OH is 1. The van der Waals surface area contributed by atoms with E-state index in [1.807, 2.05) is 36.4 Å². The maximum Gasteiger partial charge on any atom is 0.114 e. The summed E-state index contributed by atoms with van der Waals surface area (Å²) in [4.78, 5) is 1.33. The van der Waals surface area contributed by atoms with Crippen molar-refractivity contribution in [1.29, 1.82) is 0 Å². The predicted octanol–water partition coefficient (Wildman–Crippen LogP) is 1.55. The Bertz CT molecular complexity index is 331. The highest BCUT2D eigenvalue weighted by molar-refractivity contribution is 6.31. The van der Waals surface area contributed by atoms with E-state index in [0.29, 0.717) is 0 Å². The van der Waals surface area contributed by atoms with Gasteiger partial charge in [-0.25, -0.2) is 0 Å². The molecule has 0 saturated carbocycles. The molecule has 0 amide bonds. The van der Waals surface area contributed by atoms with Crippen LogP contribution in [0.3, 0.4) is 0 Å². The third kappa shape index (κ3) is 5.87. The number of benzene rings is 1. The molecule has 0 radical (unpaired) electrons. The summed E-state index contributed by atoms with van der Waals surface area (Å²) < 4.78 is 0. The lowest BCUT2D eigenvalue weighted by Crippen LogP contribution is -3.12. The first kappa shape index (κ1) is 14.2. The van der Waals surface area contributed by atoms with Crippen molar-refractivity contribution < 1.29 is 10.0 Å². The van der Waals surface area contributed by atoms with Gasteiger partial charge in [0, 0.05) is 0 Å². The molecule has 3 heteroatoms. The van der Waals surface area contributed by atoms with Crippen LogP contribution in [-0.4, -0.2) is 31.3 Å². The molecule has 0 saturated heterocycles. The first-order valence-corrected chi connectivity index (χ1v) is 6.49. The minimum Gasteiger partial charge on any atom is -0.391 e. The van der Waals surface area contributed by atoms with Gasteiger partial charge in [-0.3, -0.25) is 0 Å². The van der Waals surface area contributed by atoms with Crippen LogP contribution in [0.4, 0.5) is 0 Å². The highest BCUT2D eigenvalue weighted by atomic mass is 35.5. The van der Waals surface area contributed by atoms with Crippen LogP contribution in [0.25, 0.3) is 6.08 Å². The van der Waals surface area contributed by atoms with Gasteiger partial charge in [0.15, 0.2) is 0 Å². The average molecular weight is 255 g/mol. The second-order valence-corrected chi connectivity index (χ2v) is 4.64. The molecule has 2 N–H and O–H groups in total. The van der Waals surface area contributed by atoms with Crippen LogP contribution in [0.1, 0.15) is 18.9 Å². The molecule has 1 unspecified atom stereocenters. The first-order chi connectivity index (χ1) is 8.26. The Balaban J connectivity index is 2.57. The molecule has 0 aliphatic heterocycles. The van der Waals surface area contributed by atoms with Gasteiger partial charge in [-0.1, -0.05) is 48.9 Å².